The first-order valence-corrected chi connectivity index (χ1v) is 5.72. The van der Waals surface area contributed by atoms with E-state index >= 15 is 0 Å². The molecule has 0 aliphatic carbocycles. The lowest BCUT2D eigenvalue weighted by Gasteiger charge is -2.00. The minimum atomic E-state index is 0.480. The van der Waals surface area contributed by atoms with Gasteiger partial charge in [-0.05, 0) is 35.4 Å². The average Bonchev–Trinajstić information content (AvgIpc) is 2.45. The first-order valence-electron chi connectivity index (χ1n) is 5.72. The molecule has 18 heavy (non-hydrogen) atoms. The summed E-state index contributed by atoms with van der Waals surface area (Å²) in [7, 11) is 1.64. The molecule has 0 radical (unpaired) electrons. The first kappa shape index (κ1) is 12.2. The number of methoxy groups -OCH3 is 1. The molecule has 3 heteroatoms. The Morgan fingerprint density at radius 3 is 2.39 bits per heavy atom. The van der Waals surface area contributed by atoms with Gasteiger partial charge in [0.25, 0.3) is 0 Å². The molecule has 2 aromatic carbocycles. The van der Waals surface area contributed by atoms with E-state index in [1.165, 1.54) is 0 Å². The van der Waals surface area contributed by atoms with Crippen LogP contribution >= 0.6 is 0 Å². The van der Waals surface area contributed by atoms with E-state index in [-0.39, 0.29) is 0 Å². The van der Waals surface area contributed by atoms with E-state index in [1.807, 2.05) is 54.6 Å². The van der Waals surface area contributed by atoms with Crippen LogP contribution in [0, 0.1) is 0 Å². The molecule has 0 fully saturated rings. The van der Waals surface area contributed by atoms with Crippen molar-refractivity contribution >= 4 is 6.21 Å². The van der Waals surface area contributed by atoms with Gasteiger partial charge in [-0.1, -0.05) is 35.5 Å². The number of nitrogens with zero attached hydrogens (tertiary/aromatic N) is 1. The number of benzene rings is 2. The second-order valence-corrected chi connectivity index (χ2v) is 3.77. The number of hydrogen-bond donors (Lipinski definition) is 0. The molecule has 3 nitrogen and oxygen atoms in total. The summed E-state index contributed by atoms with van der Waals surface area (Å²) in [6.07, 6.45) is 1.68. The van der Waals surface area contributed by atoms with Gasteiger partial charge in [-0.2, -0.15) is 0 Å². The molecule has 92 valence electrons. The van der Waals surface area contributed by atoms with Crippen LogP contribution in [0.5, 0.6) is 5.75 Å². The molecule has 0 N–H and O–H groups in total. The number of oxime groups is 1. The summed E-state index contributed by atoms with van der Waals surface area (Å²) in [5, 5.41) is 3.93. The predicted octanol–water partition coefficient (Wildman–Crippen LogP) is 3.25. The minimum Gasteiger partial charge on any atom is -0.497 e. The Kier molecular flexibility index (Phi) is 4.36. The third kappa shape index (κ3) is 3.63. The van der Waals surface area contributed by atoms with Gasteiger partial charge in [-0.15, -0.1) is 0 Å². The Hall–Kier alpha value is -2.29. The SMILES string of the molecule is COc1ccc(/C=N/OCc2ccccc2)cc1. The van der Waals surface area contributed by atoms with E-state index in [4.69, 9.17) is 9.57 Å². The standard InChI is InChI=1S/C15H15NO2/c1-17-15-9-7-13(8-10-15)11-16-18-12-14-5-3-2-4-6-14/h2-11H,12H2,1H3/b16-11+. The maximum absolute atomic E-state index is 5.22. The number of hydrogen-bond acceptors (Lipinski definition) is 3. The summed E-state index contributed by atoms with van der Waals surface area (Å²) in [4.78, 5) is 5.22. The van der Waals surface area contributed by atoms with Crippen molar-refractivity contribution in [1.29, 1.82) is 0 Å². The molecule has 2 aromatic rings. The quantitative estimate of drug-likeness (QED) is 0.594. The van der Waals surface area contributed by atoms with Gasteiger partial charge in [0.1, 0.15) is 12.4 Å². The molecule has 0 heterocycles. The van der Waals surface area contributed by atoms with E-state index in [0.717, 1.165) is 16.9 Å². The average molecular weight is 241 g/mol. The molecule has 2 rings (SSSR count). The van der Waals surface area contributed by atoms with E-state index in [2.05, 4.69) is 5.16 Å². The van der Waals surface area contributed by atoms with E-state index in [1.54, 1.807) is 13.3 Å². The van der Waals surface area contributed by atoms with Crippen LogP contribution in [0.3, 0.4) is 0 Å². The second-order valence-electron chi connectivity index (χ2n) is 3.77. The Morgan fingerprint density at radius 2 is 1.72 bits per heavy atom. The summed E-state index contributed by atoms with van der Waals surface area (Å²) in [6.45, 7) is 0.480. The van der Waals surface area contributed by atoms with E-state index < -0.39 is 0 Å². The highest BCUT2D eigenvalue weighted by Gasteiger charge is 1.92. The molecule has 0 saturated heterocycles. The summed E-state index contributed by atoms with van der Waals surface area (Å²) in [5.74, 6) is 0.831. The molecule has 0 bridgehead atoms. The Morgan fingerprint density at radius 1 is 1.00 bits per heavy atom. The Bertz CT molecular complexity index is 492. The monoisotopic (exact) mass is 241 g/mol. The van der Waals surface area contributed by atoms with Crippen molar-refractivity contribution in [2.75, 3.05) is 7.11 Å². The predicted molar refractivity (Wildman–Crippen MR) is 71.8 cm³/mol. The molecule has 0 unspecified atom stereocenters. The number of rotatable bonds is 5. The van der Waals surface area contributed by atoms with Gasteiger partial charge in [-0.3, -0.25) is 0 Å². The van der Waals surface area contributed by atoms with Crippen molar-refractivity contribution in [3.8, 4) is 5.75 Å². The van der Waals surface area contributed by atoms with Gasteiger partial charge in [0, 0.05) is 0 Å². The fourth-order valence-corrected chi connectivity index (χ4v) is 1.47. The topological polar surface area (TPSA) is 30.8 Å². The molecular formula is C15H15NO2. The molecule has 0 aliphatic heterocycles. The highest BCUT2D eigenvalue weighted by atomic mass is 16.6. The van der Waals surface area contributed by atoms with Crippen LogP contribution in [-0.2, 0) is 11.4 Å². The van der Waals surface area contributed by atoms with E-state index in [0.29, 0.717) is 6.61 Å². The van der Waals surface area contributed by atoms with Gasteiger partial charge in [0.15, 0.2) is 0 Å². The van der Waals surface area contributed by atoms with Crippen LogP contribution in [0.15, 0.2) is 59.8 Å². The first-order chi connectivity index (χ1) is 8.88. The lowest BCUT2D eigenvalue weighted by molar-refractivity contribution is 0.132. The Labute approximate surface area is 107 Å². The largest absolute Gasteiger partial charge is 0.497 e. The third-order valence-corrected chi connectivity index (χ3v) is 2.47. The molecule has 0 aromatic heterocycles. The minimum absolute atomic E-state index is 0.480. The van der Waals surface area contributed by atoms with Crippen molar-refractivity contribution in [2.45, 2.75) is 6.61 Å². The molecule has 0 atom stereocenters. The Balaban J connectivity index is 1.84. The summed E-state index contributed by atoms with van der Waals surface area (Å²) < 4.78 is 5.08. The van der Waals surface area contributed by atoms with Gasteiger partial charge in [-0.25, -0.2) is 0 Å². The van der Waals surface area contributed by atoms with Crippen molar-refractivity contribution in [1.82, 2.24) is 0 Å². The lowest BCUT2D eigenvalue weighted by atomic mass is 10.2. The summed E-state index contributed by atoms with van der Waals surface area (Å²) >= 11 is 0. The molecule has 0 spiro atoms. The fraction of sp³-hybridized carbons (Fsp3) is 0.133. The zero-order valence-electron chi connectivity index (χ0n) is 10.2. The summed E-state index contributed by atoms with van der Waals surface area (Å²) in [6, 6.07) is 17.6. The fourth-order valence-electron chi connectivity index (χ4n) is 1.47. The van der Waals surface area contributed by atoms with Crippen LogP contribution in [0.4, 0.5) is 0 Å². The van der Waals surface area contributed by atoms with Gasteiger partial charge in [0.05, 0.1) is 13.3 Å². The lowest BCUT2D eigenvalue weighted by Crippen LogP contribution is -1.88. The zero-order chi connectivity index (χ0) is 12.6. The maximum Gasteiger partial charge on any atom is 0.142 e. The van der Waals surface area contributed by atoms with Crippen molar-refractivity contribution in [3.63, 3.8) is 0 Å². The highest BCUT2D eigenvalue weighted by Crippen LogP contribution is 2.09. The number of ether oxygens (including phenoxy) is 1. The maximum atomic E-state index is 5.22. The smallest absolute Gasteiger partial charge is 0.142 e. The molecule has 0 amide bonds. The van der Waals surface area contributed by atoms with Crippen LogP contribution in [-0.4, -0.2) is 13.3 Å². The molecule has 0 aliphatic rings. The zero-order valence-corrected chi connectivity index (χ0v) is 10.2. The van der Waals surface area contributed by atoms with Gasteiger partial charge < -0.3 is 9.57 Å². The van der Waals surface area contributed by atoms with E-state index in [9.17, 15) is 0 Å². The van der Waals surface area contributed by atoms with Gasteiger partial charge >= 0.3 is 0 Å². The van der Waals surface area contributed by atoms with Crippen molar-refractivity contribution in [2.24, 2.45) is 5.16 Å². The van der Waals surface area contributed by atoms with Crippen molar-refractivity contribution < 1.29 is 9.57 Å². The molecule has 0 saturated carbocycles. The van der Waals surface area contributed by atoms with Crippen LogP contribution in [0.25, 0.3) is 0 Å². The second kappa shape index (κ2) is 6.45. The third-order valence-electron chi connectivity index (χ3n) is 2.47. The normalized spacial score (nSPS) is 10.5. The van der Waals surface area contributed by atoms with Crippen LogP contribution in [0.2, 0.25) is 0 Å². The van der Waals surface area contributed by atoms with Gasteiger partial charge in [0.2, 0.25) is 0 Å². The summed E-state index contributed by atoms with van der Waals surface area (Å²) in [5.41, 5.74) is 2.08. The van der Waals surface area contributed by atoms with Crippen LogP contribution in [0.1, 0.15) is 11.1 Å². The molecular weight excluding hydrogens is 226 g/mol. The van der Waals surface area contributed by atoms with Crippen LogP contribution < -0.4 is 4.74 Å². The highest BCUT2D eigenvalue weighted by molar-refractivity contribution is 5.79. The van der Waals surface area contributed by atoms with Crippen molar-refractivity contribution in [3.05, 3.63) is 65.7 Å².